The van der Waals surface area contributed by atoms with Crippen molar-refractivity contribution in [2.75, 3.05) is 45.4 Å². The summed E-state index contributed by atoms with van der Waals surface area (Å²) in [5.41, 5.74) is -0.454. The van der Waals surface area contributed by atoms with E-state index in [-0.39, 0.29) is 5.75 Å². The second kappa shape index (κ2) is 5.93. The van der Waals surface area contributed by atoms with Crippen LogP contribution in [0.15, 0.2) is 0 Å². The molecule has 0 bridgehead atoms. The van der Waals surface area contributed by atoms with E-state index in [1.165, 1.54) is 6.26 Å². The van der Waals surface area contributed by atoms with Gasteiger partial charge in [0.05, 0.1) is 17.8 Å². The number of aldehydes is 1. The molecular formula is C11H21NO4S. The van der Waals surface area contributed by atoms with Crippen LogP contribution in [0.25, 0.3) is 0 Å². The van der Waals surface area contributed by atoms with Gasteiger partial charge in [0.25, 0.3) is 0 Å². The van der Waals surface area contributed by atoms with Gasteiger partial charge < -0.3 is 14.4 Å². The number of rotatable bonds is 6. The summed E-state index contributed by atoms with van der Waals surface area (Å²) in [4.78, 5) is 13.1. The van der Waals surface area contributed by atoms with E-state index in [1.54, 1.807) is 0 Å². The van der Waals surface area contributed by atoms with Gasteiger partial charge >= 0.3 is 0 Å². The van der Waals surface area contributed by atoms with E-state index in [1.807, 2.05) is 11.9 Å². The van der Waals surface area contributed by atoms with E-state index in [2.05, 4.69) is 0 Å². The average molecular weight is 263 g/mol. The molecule has 0 aromatic rings. The topological polar surface area (TPSA) is 63.7 Å². The van der Waals surface area contributed by atoms with Crippen molar-refractivity contribution in [3.8, 4) is 0 Å². The molecule has 1 unspecified atom stereocenters. The summed E-state index contributed by atoms with van der Waals surface area (Å²) in [7, 11) is -1.11. The molecular weight excluding hydrogens is 242 g/mol. The fourth-order valence-corrected chi connectivity index (χ4v) is 2.71. The van der Waals surface area contributed by atoms with Crippen molar-refractivity contribution >= 4 is 16.1 Å². The van der Waals surface area contributed by atoms with Crippen LogP contribution in [0.2, 0.25) is 0 Å². The third kappa shape index (κ3) is 5.14. The van der Waals surface area contributed by atoms with Crippen LogP contribution in [0.4, 0.5) is 0 Å². The molecule has 1 atom stereocenters. The Bertz CT molecular complexity index is 346. The second-order valence-corrected chi connectivity index (χ2v) is 7.26. The zero-order valence-corrected chi connectivity index (χ0v) is 11.3. The molecule has 5 nitrogen and oxygen atoms in total. The predicted octanol–water partition coefficient (Wildman–Crippen LogP) is -0.0415. The molecule has 0 amide bonds. The fraction of sp³-hybridized carbons (Fsp3) is 0.909. The number of sulfone groups is 1. The standard InChI is InChI=1S/C11H21NO4S/c1-12(5-7-17(2,14)15)8-11(9-13)4-3-6-16-10-11/h9H,3-8,10H2,1-2H3. The van der Waals surface area contributed by atoms with Crippen LogP contribution in [0.5, 0.6) is 0 Å². The molecule has 100 valence electrons. The first kappa shape index (κ1) is 14.6. The van der Waals surface area contributed by atoms with Gasteiger partial charge in [0, 0.05) is 26.0 Å². The Labute approximate surface area is 103 Å². The van der Waals surface area contributed by atoms with Gasteiger partial charge in [-0.1, -0.05) is 0 Å². The minimum Gasteiger partial charge on any atom is -0.380 e. The summed E-state index contributed by atoms with van der Waals surface area (Å²) in [6, 6.07) is 0. The summed E-state index contributed by atoms with van der Waals surface area (Å²) in [6.07, 6.45) is 3.89. The van der Waals surface area contributed by atoms with Crippen molar-refractivity contribution in [3.63, 3.8) is 0 Å². The molecule has 1 heterocycles. The van der Waals surface area contributed by atoms with Crippen molar-refractivity contribution in [1.82, 2.24) is 4.90 Å². The first-order chi connectivity index (χ1) is 7.87. The normalized spacial score (nSPS) is 26.1. The van der Waals surface area contributed by atoms with E-state index < -0.39 is 15.3 Å². The molecule has 0 radical (unpaired) electrons. The molecule has 0 aromatic carbocycles. The maximum atomic E-state index is 11.2. The first-order valence-electron chi connectivity index (χ1n) is 5.77. The number of hydrogen-bond donors (Lipinski definition) is 0. The Hall–Kier alpha value is -0.460. The van der Waals surface area contributed by atoms with Gasteiger partial charge in [0.15, 0.2) is 0 Å². The van der Waals surface area contributed by atoms with Gasteiger partial charge in [-0.25, -0.2) is 8.42 Å². The van der Waals surface area contributed by atoms with E-state index >= 15 is 0 Å². The molecule has 1 saturated heterocycles. The van der Waals surface area contributed by atoms with Crippen molar-refractivity contribution in [2.45, 2.75) is 12.8 Å². The van der Waals surface area contributed by atoms with Crippen LogP contribution in [0.1, 0.15) is 12.8 Å². The zero-order chi connectivity index (χ0) is 12.9. The van der Waals surface area contributed by atoms with E-state index in [9.17, 15) is 13.2 Å². The van der Waals surface area contributed by atoms with E-state index in [0.29, 0.717) is 26.3 Å². The number of carbonyl (C=O) groups is 1. The average Bonchev–Trinajstić information content (AvgIpc) is 2.27. The van der Waals surface area contributed by atoms with Gasteiger partial charge in [-0.15, -0.1) is 0 Å². The predicted molar refractivity (Wildman–Crippen MR) is 65.8 cm³/mol. The van der Waals surface area contributed by atoms with Crippen molar-refractivity contribution < 1.29 is 17.9 Å². The van der Waals surface area contributed by atoms with Crippen LogP contribution < -0.4 is 0 Å². The van der Waals surface area contributed by atoms with Gasteiger partial charge in [-0.05, 0) is 19.9 Å². The molecule has 0 aliphatic carbocycles. The Kier molecular flexibility index (Phi) is 5.09. The van der Waals surface area contributed by atoms with E-state index in [4.69, 9.17) is 4.74 Å². The molecule has 0 aromatic heterocycles. The fourth-order valence-electron chi connectivity index (χ4n) is 2.07. The maximum Gasteiger partial charge on any atom is 0.148 e. The van der Waals surface area contributed by atoms with Crippen LogP contribution >= 0.6 is 0 Å². The first-order valence-corrected chi connectivity index (χ1v) is 7.83. The largest absolute Gasteiger partial charge is 0.380 e. The molecule has 0 N–H and O–H groups in total. The molecule has 1 rings (SSSR count). The van der Waals surface area contributed by atoms with Crippen molar-refractivity contribution in [1.29, 1.82) is 0 Å². The Morgan fingerprint density at radius 2 is 2.18 bits per heavy atom. The quantitative estimate of drug-likeness (QED) is 0.629. The Morgan fingerprint density at radius 1 is 1.47 bits per heavy atom. The van der Waals surface area contributed by atoms with Crippen molar-refractivity contribution in [3.05, 3.63) is 0 Å². The lowest BCUT2D eigenvalue weighted by atomic mass is 9.83. The summed E-state index contributed by atoms with van der Waals surface area (Å²) < 4.78 is 27.5. The maximum absolute atomic E-state index is 11.2. The lowest BCUT2D eigenvalue weighted by Gasteiger charge is -2.35. The van der Waals surface area contributed by atoms with Gasteiger partial charge in [-0.3, -0.25) is 0 Å². The molecule has 1 fully saturated rings. The minimum atomic E-state index is -2.95. The molecule has 0 spiro atoms. The number of ether oxygens (including phenoxy) is 1. The highest BCUT2D eigenvalue weighted by Gasteiger charge is 2.33. The smallest absolute Gasteiger partial charge is 0.148 e. The van der Waals surface area contributed by atoms with Crippen LogP contribution in [0.3, 0.4) is 0 Å². The van der Waals surface area contributed by atoms with Crippen molar-refractivity contribution in [2.24, 2.45) is 5.41 Å². The zero-order valence-electron chi connectivity index (χ0n) is 10.5. The molecule has 1 aliphatic heterocycles. The lowest BCUT2D eigenvalue weighted by Crippen LogP contribution is -2.44. The minimum absolute atomic E-state index is 0.124. The molecule has 6 heteroatoms. The third-order valence-electron chi connectivity index (χ3n) is 3.03. The van der Waals surface area contributed by atoms with Crippen LogP contribution in [0, 0.1) is 5.41 Å². The highest BCUT2D eigenvalue weighted by Crippen LogP contribution is 2.26. The summed E-state index contributed by atoms with van der Waals surface area (Å²) >= 11 is 0. The number of hydrogen-bond acceptors (Lipinski definition) is 5. The van der Waals surface area contributed by atoms with Gasteiger partial charge in [0.2, 0.25) is 0 Å². The number of carbonyl (C=O) groups excluding carboxylic acids is 1. The molecule has 1 aliphatic rings. The highest BCUT2D eigenvalue weighted by molar-refractivity contribution is 7.90. The van der Waals surface area contributed by atoms with Crippen LogP contribution in [-0.4, -0.2) is 65.0 Å². The van der Waals surface area contributed by atoms with Gasteiger partial charge in [0.1, 0.15) is 16.1 Å². The SMILES string of the molecule is CN(CCS(C)(=O)=O)CC1(C=O)CCCOC1. The molecule has 0 saturated carbocycles. The Morgan fingerprint density at radius 3 is 2.65 bits per heavy atom. The Balaban J connectivity index is 2.47. The summed E-state index contributed by atoms with van der Waals surface area (Å²) in [5, 5.41) is 0. The number of nitrogens with zero attached hydrogens (tertiary/aromatic N) is 1. The molecule has 17 heavy (non-hydrogen) atoms. The van der Waals surface area contributed by atoms with Crippen LogP contribution in [-0.2, 0) is 19.4 Å². The monoisotopic (exact) mass is 263 g/mol. The lowest BCUT2D eigenvalue weighted by molar-refractivity contribution is -0.125. The third-order valence-corrected chi connectivity index (χ3v) is 3.96. The van der Waals surface area contributed by atoms with Gasteiger partial charge in [-0.2, -0.15) is 0 Å². The summed E-state index contributed by atoms with van der Waals surface area (Å²) in [6.45, 7) is 2.17. The summed E-state index contributed by atoms with van der Waals surface area (Å²) in [5.74, 6) is 0.124. The second-order valence-electron chi connectivity index (χ2n) is 5.00. The highest BCUT2D eigenvalue weighted by atomic mass is 32.2. The van der Waals surface area contributed by atoms with E-state index in [0.717, 1.165) is 19.1 Å².